The number of hydrogen-bond donors (Lipinski definition) is 1. The van der Waals surface area contributed by atoms with E-state index in [1.165, 1.54) is 0 Å². The lowest BCUT2D eigenvalue weighted by molar-refractivity contribution is -0.116. The molecule has 15 heavy (non-hydrogen) atoms. The van der Waals surface area contributed by atoms with E-state index in [1.54, 1.807) is 25.3 Å². The van der Waals surface area contributed by atoms with E-state index in [2.05, 4.69) is 5.32 Å². The summed E-state index contributed by atoms with van der Waals surface area (Å²) in [6, 6.07) is 5.16. The van der Waals surface area contributed by atoms with Gasteiger partial charge in [-0.05, 0) is 18.6 Å². The fourth-order valence-corrected chi connectivity index (χ4v) is 1.38. The molecular formula is C11H14ClNO2. The van der Waals surface area contributed by atoms with Crippen LogP contribution in [0.4, 0.5) is 5.69 Å². The van der Waals surface area contributed by atoms with Crippen LogP contribution >= 0.6 is 11.6 Å². The third-order valence-corrected chi connectivity index (χ3v) is 2.24. The number of carbonyl (C=O) groups excluding carboxylic acids is 1. The zero-order valence-electron chi connectivity index (χ0n) is 8.84. The van der Waals surface area contributed by atoms with Crippen molar-refractivity contribution in [2.24, 2.45) is 0 Å². The number of rotatable bonds is 4. The predicted molar refractivity (Wildman–Crippen MR) is 61.5 cm³/mol. The Kier molecular flexibility index (Phi) is 4.43. The van der Waals surface area contributed by atoms with Gasteiger partial charge in [0.15, 0.2) is 0 Å². The molecule has 1 amide bonds. The lowest BCUT2D eigenvalue weighted by Gasteiger charge is -2.07. The van der Waals surface area contributed by atoms with Crippen LogP contribution in [-0.2, 0) is 4.79 Å². The molecule has 3 nitrogen and oxygen atoms in total. The number of halogens is 1. The number of nitrogens with one attached hydrogen (secondary N) is 1. The Morgan fingerprint density at radius 3 is 2.80 bits per heavy atom. The van der Waals surface area contributed by atoms with E-state index >= 15 is 0 Å². The summed E-state index contributed by atoms with van der Waals surface area (Å²) in [7, 11) is 1.57. The molecule has 0 spiro atoms. The molecule has 0 aliphatic carbocycles. The molecule has 0 saturated carbocycles. The normalized spacial score (nSPS) is 9.80. The maximum Gasteiger partial charge on any atom is 0.224 e. The van der Waals surface area contributed by atoms with E-state index in [9.17, 15) is 4.79 Å². The number of hydrogen-bond acceptors (Lipinski definition) is 2. The van der Waals surface area contributed by atoms with Gasteiger partial charge < -0.3 is 10.1 Å². The summed E-state index contributed by atoms with van der Waals surface area (Å²) in [5.41, 5.74) is 0.621. The molecule has 0 aliphatic heterocycles. The Morgan fingerprint density at radius 1 is 1.53 bits per heavy atom. The van der Waals surface area contributed by atoms with Gasteiger partial charge in [0.25, 0.3) is 0 Å². The monoisotopic (exact) mass is 227 g/mol. The van der Waals surface area contributed by atoms with Gasteiger partial charge in [-0.25, -0.2) is 0 Å². The molecule has 0 saturated heterocycles. The molecule has 0 fully saturated rings. The van der Waals surface area contributed by atoms with Gasteiger partial charge >= 0.3 is 0 Å². The van der Waals surface area contributed by atoms with E-state index < -0.39 is 0 Å². The second-order valence-corrected chi connectivity index (χ2v) is 3.55. The molecule has 4 heteroatoms. The molecule has 0 aromatic heterocycles. The fourth-order valence-electron chi connectivity index (χ4n) is 1.16. The second kappa shape index (κ2) is 5.61. The van der Waals surface area contributed by atoms with Crippen LogP contribution in [0.25, 0.3) is 0 Å². The number of anilines is 1. The molecule has 0 unspecified atom stereocenters. The zero-order chi connectivity index (χ0) is 11.3. The Morgan fingerprint density at radius 2 is 2.27 bits per heavy atom. The highest BCUT2D eigenvalue weighted by Crippen LogP contribution is 2.26. The molecule has 0 aliphatic rings. The summed E-state index contributed by atoms with van der Waals surface area (Å²) in [5.74, 6) is 0.651. The molecule has 1 N–H and O–H groups in total. The Bertz CT molecular complexity index is 352. The first-order chi connectivity index (χ1) is 7.17. The summed E-state index contributed by atoms with van der Waals surface area (Å²) in [6.45, 7) is 1.95. The molecule has 1 rings (SSSR count). The minimum atomic E-state index is -0.0235. The van der Waals surface area contributed by atoms with Gasteiger partial charge in [0.05, 0.1) is 17.8 Å². The maximum absolute atomic E-state index is 11.3. The molecule has 0 heterocycles. The van der Waals surface area contributed by atoms with Crippen LogP contribution in [0.1, 0.15) is 19.8 Å². The minimum Gasteiger partial charge on any atom is -0.497 e. The Labute approximate surface area is 94.4 Å². The quantitative estimate of drug-likeness (QED) is 0.859. The first kappa shape index (κ1) is 11.9. The molecule has 0 atom stereocenters. The summed E-state index contributed by atoms with van der Waals surface area (Å²) >= 11 is 5.96. The highest BCUT2D eigenvalue weighted by molar-refractivity contribution is 6.33. The van der Waals surface area contributed by atoms with E-state index in [0.717, 1.165) is 6.42 Å². The van der Waals surface area contributed by atoms with Crippen molar-refractivity contribution in [3.05, 3.63) is 23.2 Å². The summed E-state index contributed by atoms with van der Waals surface area (Å²) in [5, 5.41) is 3.22. The van der Waals surface area contributed by atoms with E-state index in [4.69, 9.17) is 16.3 Å². The Hall–Kier alpha value is -1.22. The second-order valence-electron chi connectivity index (χ2n) is 3.14. The average Bonchev–Trinajstić information content (AvgIpc) is 2.21. The highest BCUT2D eigenvalue weighted by Gasteiger charge is 2.05. The topological polar surface area (TPSA) is 38.3 Å². The van der Waals surface area contributed by atoms with Gasteiger partial charge in [-0.15, -0.1) is 0 Å². The van der Waals surface area contributed by atoms with Gasteiger partial charge in [0.1, 0.15) is 5.75 Å². The van der Waals surface area contributed by atoms with Crippen molar-refractivity contribution in [1.29, 1.82) is 0 Å². The van der Waals surface area contributed by atoms with Crippen LogP contribution < -0.4 is 10.1 Å². The van der Waals surface area contributed by atoms with E-state index in [-0.39, 0.29) is 5.91 Å². The molecule has 0 bridgehead atoms. The van der Waals surface area contributed by atoms with Crippen molar-refractivity contribution in [3.63, 3.8) is 0 Å². The van der Waals surface area contributed by atoms with Gasteiger partial charge in [-0.2, -0.15) is 0 Å². The van der Waals surface area contributed by atoms with Gasteiger partial charge in [-0.1, -0.05) is 18.5 Å². The minimum absolute atomic E-state index is 0.0235. The van der Waals surface area contributed by atoms with E-state index in [1.807, 2.05) is 6.92 Å². The largest absolute Gasteiger partial charge is 0.497 e. The lowest BCUT2D eigenvalue weighted by Crippen LogP contribution is -2.10. The summed E-state index contributed by atoms with van der Waals surface area (Å²) < 4.78 is 5.01. The number of benzene rings is 1. The van der Waals surface area contributed by atoms with Crippen molar-refractivity contribution in [2.75, 3.05) is 12.4 Å². The smallest absolute Gasteiger partial charge is 0.224 e. The first-order valence-corrected chi connectivity index (χ1v) is 5.18. The molecule has 1 aromatic carbocycles. The van der Waals surface area contributed by atoms with Gasteiger partial charge in [0, 0.05) is 12.5 Å². The van der Waals surface area contributed by atoms with Crippen LogP contribution in [0.2, 0.25) is 5.02 Å². The lowest BCUT2D eigenvalue weighted by atomic mass is 10.2. The summed E-state index contributed by atoms with van der Waals surface area (Å²) in [6.07, 6.45) is 1.32. The molecule has 0 radical (unpaired) electrons. The van der Waals surface area contributed by atoms with E-state index in [0.29, 0.717) is 22.9 Å². The number of carbonyl (C=O) groups is 1. The number of ether oxygens (including phenoxy) is 1. The van der Waals surface area contributed by atoms with Crippen molar-refractivity contribution in [2.45, 2.75) is 19.8 Å². The van der Waals surface area contributed by atoms with Crippen molar-refractivity contribution in [1.82, 2.24) is 0 Å². The number of amides is 1. The van der Waals surface area contributed by atoms with Crippen molar-refractivity contribution >= 4 is 23.2 Å². The zero-order valence-corrected chi connectivity index (χ0v) is 9.60. The average molecular weight is 228 g/mol. The first-order valence-electron chi connectivity index (χ1n) is 4.80. The number of methoxy groups -OCH3 is 1. The fraction of sp³-hybridized carbons (Fsp3) is 0.364. The predicted octanol–water partition coefficient (Wildman–Crippen LogP) is 3.09. The van der Waals surface area contributed by atoms with Gasteiger partial charge in [-0.3, -0.25) is 4.79 Å². The van der Waals surface area contributed by atoms with Gasteiger partial charge in [0.2, 0.25) is 5.91 Å². The van der Waals surface area contributed by atoms with Crippen LogP contribution in [0, 0.1) is 0 Å². The standard InChI is InChI=1S/C11H14ClNO2/c1-3-4-11(14)13-10-6-5-8(15-2)7-9(10)12/h5-7H,3-4H2,1-2H3,(H,13,14). The SMILES string of the molecule is CCCC(=O)Nc1ccc(OC)cc1Cl. The molecular weight excluding hydrogens is 214 g/mol. The molecule has 82 valence electrons. The third kappa shape index (κ3) is 3.44. The summed E-state index contributed by atoms with van der Waals surface area (Å²) in [4.78, 5) is 11.3. The Balaban J connectivity index is 2.73. The maximum atomic E-state index is 11.3. The van der Waals surface area contributed by atoms with Crippen LogP contribution in [0.5, 0.6) is 5.75 Å². The highest BCUT2D eigenvalue weighted by atomic mass is 35.5. The van der Waals surface area contributed by atoms with Crippen LogP contribution in [0.15, 0.2) is 18.2 Å². The van der Waals surface area contributed by atoms with Crippen LogP contribution in [0.3, 0.4) is 0 Å². The molecule has 1 aromatic rings. The van der Waals surface area contributed by atoms with Crippen molar-refractivity contribution in [3.8, 4) is 5.75 Å². The third-order valence-electron chi connectivity index (χ3n) is 1.93. The van der Waals surface area contributed by atoms with Crippen LogP contribution in [-0.4, -0.2) is 13.0 Å². The van der Waals surface area contributed by atoms with Crippen molar-refractivity contribution < 1.29 is 9.53 Å².